The van der Waals surface area contributed by atoms with Crippen LogP contribution in [-0.2, 0) is 6.54 Å². The van der Waals surface area contributed by atoms with Gasteiger partial charge in [0, 0.05) is 41.9 Å². The molecular weight excluding hydrogens is 315 g/mol. The summed E-state index contributed by atoms with van der Waals surface area (Å²) >= 11 is 2.35. The van der Waals surface area contributed by atoms with Crippen LogP contribution in [0.25, 0.3) is 0 Å². The average molecular weight is 332 g/mol. The lowest BCUT2D eigenvalue weighted by molar-refractivity contribution is 0.230. The molecule has 1 aromatic carbocycles. The highest BCUT2D eigenvalue weighted by molar-refractivity contribution is 14.1. The van der Waals surface area contributed by atoms with Crippen molar-refractivity contribution in [3.63, 3.8) is 0 Å². The van der Waals surface area contributed by atoms with Gasteiger partial charge in [-0.1, -0.05) is 0 Å². The Hall–Kier alpha value is -0.330. The Balaban J connectivity index is 2.09. The number of benzene rings is 1. The first kappa shape index (κ1) is 12.1. The van der Waals surface area contributed by atoms with Crippen LogP contribution in [0.2, 0.25) is 0 Å². The van der Waals surface area contributed by atoms with E-state index in [0.717, 1.165) is 38.5 Å². The molecule has 88 valence electrons. The summed E-state index contributed by atoms with van der Waals surface area (Å²) in [5.41, 5.74) is 1.29. The van der Waals surface area contributed by atoms with Crippen LogP contribution in [0, 0.1) is 3.57 Å². The largest absolute Gasteiger partial charge is 0.496 e. The minimum absolute atomic E-state index is 0.988. The van der Waals surface area contributed by atoms with Crippen molar-refractivity contribution in [2.75, 3.05) is 33.3 Å². The third-order valence-corrected chi connectivity index (χ3v) is 3.52. The molecule has 1 aromatic rings. The van der Waals surface area contributed by atoms with Crippen LogP contribution >= 0.6 is 22.6 Å². The number of ether oxygens (including phenoxy) is 1. The van der Waals surface area contributed by atoms with Gasteiger partial charge < -0.3 is 10.1 Å². The zero-order valence-corrected chi connectivity index (χ0v) is 11.7. The third-order valence-electron chi connectivity index (χ3n) is 2.85. The summed E-state index contributed by atoms with van der Waals surface area (Å²) in [5.74, 6) is 0.999. The van der Waals surface area contributed by atoms with Crippen molar-refractivity contribution >= 4 is 22.6 Å². The number of nitrogens with one attached hydrogen (secondary N) is 1. The van der Waals surface area contributed by atoms with Crippen molar-refractivity contribution in [3.8, 4) is 5.75 Å². The molecule has 3 nitrogen and oxygen atoms in total. The van der Waals surface area contributed by atoms with Gasteiger partial charge >= 0.3 is 0 Å². The predicted molar refractivity (Wildman–Crippen MR) is 73.9 cm³/mol. The van der Waals surface area contributed by atoms with E-state index in [1.54, 1.807) is 7.11 Å². The van der Waals surface area contributed by atoms with Gasteiger partial charge in [-0.15, -0.1) is 0 Å². The maximum Gasteiger partial charge on any atom is 0.123 e. The Labute approximate surface area is 110 Å². The normalized spacial score (nSPS) is 17.4. The van der Waals surface area contributed by atoms with E-state index in [4.69, 9.17) is 4.74 Å². The smallest absolute Gasteiger partial charge is 0.123 e. The van der Waals surface area contributed by atoms with Crippen molar-refractivity contribution in [2.45, 2.75) is 6.54 Å². The van der Waals surface area contributed by atoms with E-state index < -0.39 is 0 Å². The van der Waals surface area contributed by atoms with Crippen LogP contribution in [-0.4, -0.2) is 38.2 Å². The molecular formula is C12H17IN2O. The fourth-order valence-corrected chi connectivity index (χ4v) is 2.54. The van der Waals surface area contributed by atoms with Gasteiger partial charge in [0.2, 0.25) is 0 Å². The Bertz CT molecular complexity index is 351. The second kappa shape index (κ2) is 5.84. The molecule has 0 atom stereocenters. The molecule has 0 spiro atoms. The van der Waals surface area contributed by atoms with Crippen molar-refractivity contribution in [1.29, 1.82) is 0 Å². The zero-order chi connectivity index (χ0) is 11.4. The van der Waals surface area contributed by atoms with Gasteiger partial charge in [0.1, 0.15) is 5.75 Å². The second-order valence-electron chi connectivity index (χ2n) is 3.98. The zero-order valence-electron chi connectivity index (χ0n) is 9.50. The molecule has 0 bridgehead atoms. The highest BCUT2D eigenvalue weighted by Gasteiger charge is 2.12. The summed E-state index contributed by atoms with van der Waals surface area (Å²) in [7, 11) is 1.74. The molecule has 16 heavy (non-hydrogen) atoms. The molecule has 2 rings (SSSR count). The van der Waals surface area contributed by atoms with Crippen molar-refractivity contribution in [1.82, 2.24) is 10.2 Å². The van der Waals surface area contributed by atoms with Crippen LogP contribution in [0.4, 0.5) is 0 Å². The SMILES string of the molecule is COc1ccc(I)cc1CN1CCNCC1. The Morgan fingerprint density at radius 3 is 2.81 bits per heavy atom. The molecule has 0 aliphatic carbocycles. The topological polar surface area (TPSA) is 24.5 Å². The standard InChI is InChI=1S/C12H17IN2O/c1-16-12-3-2-11(13)8-10(12)9-15-6-4-14-5-7-15/h2-3,8,14H,4-7,9H2,1H3. The van der Waals surface area contributed by atoms with Crippen LogP contribution in [0.15, 0.2) is 18.2 Å². The fraction of sp³-hybridized carbons (Fsp3) is 0.500. The lowest BCUT2D eigenvalue weighted by Crippen LogP contribution is -2.42. The van der Waals surface area contributed by atoms with E-state index in [1.165, 1.54) is 9.13 Å². The highest BCUT2D eigenvalue weighted by Crippen LogP contribution is 2.22. The van der Waals surface area contributed by atoms with E-state index in [9.17, 15) is 0 Å². The molecule has 1 aliphatic heterocycles. The maximum absolute atomic E-state index is 5.40. The van der Waals surface area contributed by atoms with E-state index >= 15 is 0 Å². The van der Waals surface area contributed by atoms with Crippen molar-refractivity contribution in [2.24, 2.45) is 0 Å². The first-order chi connectivity index (χ1) is 7.79. The first-order valence-corrected chi connectivity index (χ1v) is 6.63. The number of hydrogen-bond acceptors (Lipinski definition) is 3. The summed E-state index contributed by atoms with van der Waals surface area (Å²) in [6.45, 7) is 5.41. The Morgan fingerprint density at radius 1 is 1.38 bits per heavy atom. The molecule has 0 aromatic heterocycles. The van der Waals surface area contributed by atoms with Gasteiger partial charge in [-0.3, -0.25) is 4.90 Å². The van der Waals surface area contributed by atoms with Crippen LogP contribution in [0.5, 0.6) is 5.75 Å². The monoisotopic (exact) mass is 332 g/mol. The third kappa shape index (κ3) is 3.09. The molecule has 0 radical (unpaired) electrons. The van der Waals surface area contributed by atoms with Gasteiger partial charge in [0.05, 0.1) is 7.11 Å². The van der Waals surface area contributed by atoms with Crippen molar-refractivity contribution < 1.29 is 4.74 Å². The van der Waals surface area contributed by atoms with Crippen LogP contribution < -0.4 is 10.1 Å². The predicted octanol–water partition coefficient (Wildman–Crippen LogP) is 1.70. The quantitative estimate of drug-likeness (QED) is 0.853. The molecule has 0 unspecified atom stereocenters. The van der Waals surface area contributed by atoms with Gasteiger partial charge in [0.25, 0.3) is 0 Å². The first-order valence-electron chi connectivity index (χ1n) is 5.55. The van der Waals surface area contributed by atoms with Crippen LogP contribution in [0.1, 0.15) is 5.56 Å². The summed E-state index contributed by atoms with van der Waals surface area (Å²) < 4.78 is 6.66. The molecule has 0 amide bonds. The number of rotatable bonds is 3. The molecule has 1 aliphatic rings. The van der Waals surface area contributed by atoms with Crippen molar-refractivity contribution in [3.05, 3.63) is 27.3 Å². The number of hydrogen-bond donors (Lipinski definition) is 1. The van der Waals surface area contributed by atoms with E-state index in [2.05, 4.69) is 51.0 Å². The molecule has 4 heteroatoms. The van der Waals surface area contributed by atoms with Gasteiger partial charge in [0.15, 0.2) is 0 Å². The number of piperazine rings is 1. The van der Waals surface area contributed by atoms with Crippen LogP contribution in [0.3, 0.4) is 0 Å². The maximum atomic E-state index is 5.40. The molecule has 1 heterocycles. The van der Waals surface area contributed by atoms with E-state index in [1.807, 2.05) is 0 Å². The van der Waals surface area contributed by atoms with Gasteiger partial charge in [-0.25, -0.2) is 0 Å². The minimum Gasteiger partial charge on any atom is -0.496 e. The minimum atomic E-state index is 0.988. The fourth-order valence-electron chi connectivity index (χ4n) is 1.98. The Morgan fingerprint density at radius 2 is 2.12 bits per heavy atom. The molecule has 0 saturated carbocycles. The lowest BCUT2D eigenvalue weighted by atomic mass is 10.2. The number of methoxy groups -OCH3 is 1. The number of nitrogens with zero attached hydrogens (tertiary/aromatic N) is 1. The highest BCUT2D eigenvalue weighted by atomic mass is 127. The van der Waals surface area contributed by atoms with Gasteiger partial charge in [-0.05, 0) is 40.8 Å². The average Bonchev–Trinajstić information content (AvgIpc) is 2.31. The molecule has 1 N–H and O–H groups in total. The lowest BCUT2D eigenvalue weighted by Gasteiger charge is -2.27. The molecule has 1 fully saturated rings. The molecule has 1 saturated heterocycles. The summed E-state index contributed by atoms with van der Waals surface area (Å²) in [6.07, 6.45) is 0. The van der Waals surface area contributed by atoms with Gasteiger partial charge in [-0.2, -0.15) is 0 Å². The second-order valence-corrected chi connectivity index (χ2v) is 5.23. The summed E-state index contributed by atoms with van der Waals surface area (Å²) in [4.78, 5) is 2.46. The Kier molecular flexibility index (Phi) is 4.43. The summed E-state index contributed by atoms with van der Waals surface area (Å²) in [5, 5.41) is 3.37. The van der Waals surface area contributed by atoms with E-state index in [-0.39, 0.29) is 0 Å². The van der Waals surface area contributed by atoms with E-state index in [0.29, 0.717) is 0 Å². The summed E-state index contributed by atoms with van der Waals surface area (Å²) in [6, 6.07) is 6.35. The number of halogens is 1.